The van der Waals surface area contributed by atoms with E-state index in [1.807, 2.05) is 0 Å². The van der Waals surface area contributed by atoms with Crippen LogP contribution in [-0.4, -0.2) is 10.9 Å². The molecule has 0 aromatic heterocycles. The average molecular weight is 251 g/mol. The minimum atomic E-state index is -0.609. The number of benzene rings is 1. The quantitative estimate of drug-likeness (QED) is 0.448. The summed E-state index contributed by atoms with van der Waals surface area (Å²) in [6, 6.07) is 6.91. The molecule has 0 fully saturated rings. The highest BCUT2D eigenvalue weighted by molar-refractivity contribution is 8.13. The Kier molecular flexibility index (Phi) is 4.58. The molecule has 1 atom stereocenters. The Morgan fingerprint density at radius 3 is 2.50 bits per heavy atom. The number of carbonyl (C=O) groups excluding carboxylic acids is 1. The summed E-state index contributed by atoms with van der Waals surface area (Å²) < 4.78 is 4.74. The summed E-state index contributed by atoms with van der Waals surface area (Å²) in [7, 11) is 0. The highest BCUT2D eigenvalue weighted by atomic mass is 35.5. The molecule has 0 amide bonds. The van der Waals surface area contributed by atoms with Crippen molar-refractivity contribution in [1.29, 1.82) is 0 Å². The van der Waals surface area contributed by atoms with Crippen molar-refractivity contribution in [2.24, 2.45) is 0 Å². The van der Waals surface area contributed by atoms with Crippen LogP contribution in [0.25, 0.3) is 0 Å². The van der Waals surface area contributed by atoms with Gasteiger partial charge >= 0.3 is 5.30 Å². The Morgan fingerprint density at radius 2 is 2.00 bits per heavy atom. The van der Waals surface area contributed by atoms with Gasteiger partial charge in [0.2, 0.25) is 0 Å². The molecule has 1 aromatic carbocycles. The number of ether oxygens (including phenoxy) is 1. The predicted molar refractivity (Wildman–Crippen MR) is 59.1 cm³/mol. The zero-order valence-electron chi connectivity index (χ0n) is 7.37. The van der Waals surface area contributed by atoms with Crippen LogP contribution in [0.3, 0.4) is 0 Å². The van der Waals surface area contributed by atoms with Crippen molar-refractivity contribution in [2.75, 3.05) is 0 Å². The third-order valence-electron chi connectivity index (χ3n) is 1.27. The Balaban J connectivity index is 2.52. The number of hydrogen-bond acceptors (Lipinski definition) is 3. The van der Waals surface area contributed by atoms with Gasteiger partial charge in [0.1, 0.15) is 0 Å². The number of thioether (sulfide) groups is 1. The van der Waals surface area contributed by atoms with Gasteiger partial charge in [-0.1, -0.05) is 23.2 Å². The van der Waals surface area contributed by atoms with Crippen molar-refractivity contribution >= 4 is 40.3 Å². The molecule has 0 N–H and O–H groups in total. The maximum Gasteiger partial charge on any atom is 0.373 e. The van der Waals surface area contributed by atoms with Crippen LogP contribution in [0.5, 0.6) is 0 Å². The van der Waals surface area contributed by atoms with E-state index < -0.39 is 10.9 Å². The summed E-state index contributed by atoms with van der Waals surface area (Å²) in [5.41, 5.74) is -0.609. The first-order valence-corrected chi connectivity index (χ1v) is 5.49. The van der Waals surface area contributed by atoms with Crippen LogP contribution in [-0.2, 0) is 4.74 Å². The van der Waals surface area contributed by atoms with E-state index in [2.05, 4.69) is 0 Å². The van der Waals surface area contributed by atoms with Crippen LogP contribution in [0.4, 0.5) is 4.79 Å². The molecule has 0 spiro atoms. The molecular weight excluding hydrogens is 243 g/mol. The highest BCUT2D eigenvalue weighted by Crippen LogP contribution is 2.22. The van der Waals surface area contributed by atoms with Crippen LogP contribution in [0.15, 0.2) is 29.2 Å². The molecule has 0 heterocycles. The van der Waals surface area contributed by atoms with E-state index in [9.17, 15) is 4.79 Å². The maximum absolute atomic E-state index is 11.1. The van der Waals surface area contributed by atoms with E-state index >= 15 is 0 Å². The topological polar surface area (TPSA) is 26.3 Å². The SMILES string of the molecule is C[C@H](Cl)OC(=O)Sc1ccc(Cl)cc1. The van der Waals surface area contributed by atoms with Gasteiger partial charge in [0.25, 0.3) is 0 Å². The van der Waals surface area contributed by atoms with Crippen LogP contribution < -0.4 is 0 Å². The number of carbonyl (C=O) groups is 1. The molecule has 2 nitrogen and oxygen atoms in total. The Bertz CT molecular complexity index is 311. The first-order chi connectivity index (χ1) is 6.58. The van der Waals surface area contributed by atoms with Gasteiger partial charge < -0.3 is 4.74 Å². The lowest BCUT2D eigenvalue weighted by Crippen LogP contribution is -2.03. The van der Waals surface area contributed by atoms with Crippen LogP contribution in [0.1, 0.15) is 6.92 Å². The van der Waals surface area contributed by atoms with Gasteiger partial charge in [0.15, 0.2) is 5.56 Å². The Labute approximate surface area is 96.5 Å². The molecular formula is C9H8Cl2O2S. The van der Waals surface area contributed by atoms with Crippen molar-refractivity contribution in [3.05, 3.63) is 29.3 Å². The molecule has 0 saturated carbocycles. The summed E-state index contributed by atoms with van der Waals surface area (Å²) in [6.45, 7) is 1.59. The van der Waals surface area contributed by atoms with Crippen LogP contribution >= 0.6 is 35.0 Å². The van der Waals surface area contributed by atoms with Crippen molar-refractivity contribution in [1.82, 2.24) is 0 Å². The second-order valence-electron chi connectivity index (χ2n) is 2.47. The minimum Gasteiger partial charge on any atom is -0.438 e. The lowest BCUT2D eigenvalue weighted by Gasteiger charge is -2.04. The molecule has 0 bridgehead atoms. The second kappa shape index (κ2) is 5.49. The van der Waals surface area contributed by atoms with Gasteiger partial charge in [-0.05, 0) is 43.0 Å². The van der Waals surface area contributed by atoms with E-state index in [1.54, 1.807) is 31.2 Å². The largest absolute Gasteiger partial charge is 0.438 e. The van der Waals surface area contributed by atoms with E-state index in [0.29, 0.717) is 5.02 Å². The average Bonchev–Trinajstić information content (AvgIpc) is 2.07. The van der Waals surface area contributed by atoms with Gasteiger partial charge in [-0.2, -0.15) is 0 Å². The summed E-state index contributed by atoms with van der Waals surface area (Å²) in [4.78, 5) is 11.9. The maximum atomic E-state index is 11.1. The van der Waals surface area contributed by atoms with Crippen molar-refractivity contribution < 1.29 is 9.53 Å². The van der Waals surface area contributed by atoms with E-state index in [-0.39, 0.29) is 0 Å². The van der Waals surface area contributed by atoms with E-state index in [4.69, 9.17) is 27.9 Å². The summed E-state index contributed by atoms with van der Waals surface area (Å²) in [5.74, 6) is 0. The third kappa shape index (κ3) is 4.22. The smallest absolute Gasteiger partial charge is 0.373 e. The van der Waals surface area contributed by atoms with Gasteiger partial charge in [-0.3, -0.25) is 0 Å². The van der Waals surface area contributed by atoms with Gasteiger partial charge in [0.05, 0.1) is 0 Å². The number of rotatable bonds is 2. The normalized spacial score (nSPS) is 12.2. The number of alkyl halides is 1. The summed E-state index contributed by atoms with van der Waals surface area (Å²) in [5, 5.41) is 0.211. The van der Waals surface area contributed by atoms with Crippen LogP contribution in [0.2, 0.25) is 5.02 Å². The zero-order chi connectivity index (χ0) is 10.6. The molecule has 14 heavy (non-hydrogen) atoms. The lowest BCUT2D eigenvalue weighted by molar-refractivity contribution is 0.168. The monoisotopic (exact) mass is 250 g/mol. The fourth-order valence-electron chi connectivity index (χ4n) is 0.756. The van der Waals surface area contributed by atoms with Crippen molar-refractivity contribution in [3.8, 4) is 0 Å². The highest BCUT2D eigenvalue weighted by Gasteiger charge is 2.08. The first-order valence-electron chi connectivity index (χ1n) is 3.86. The summed E-state index contributed by atoms with van der Waals surface area (Å²) in [6.07, 6.45) is 0. The molecule has 1 aromatic rings. The van der Waals surface area contributed by atoms with Crippen LogP contribution in [0, 0.1) is 0 Å². The standard InChI is InChI=1S/C9H8Cl2O2S/c1-6(10)13-9(12)14-8-4-2-7(11)3-5-8/h2-6H,1H3/t6-/m1/s1. The van der Waals surface area contributed by atoms with Crippen molar-refractivity contribution in [3.63, 3.8) is 0 Å². The Morgan fingerprint density at radius 1 is 1.43 bits per heavy atom. The zero-order valence-corrected chi connectivity index (χ0v) is 9.70. The molecule has 0 radical (unpaired) electrons. The first kappa shape index (κ1) is 11.7. The molecule has 0 aliphatic carbocycles. The van der Waals surface area contributed by atoms with Gasteiger partial charge in [-0.25, -0.2) is 4.79 Å². The van der Waals surface area contributed by atoms with Crippen molar-refractivity contribution in [2.45, 2.75) is 17.4 Å². The third-order valence-corrected chi connectivity index (χ3v) is 2.39. The van der Waals surface area contributed by atoms with Gasteiger partial charge in [0, 0.05) is 9.92 Å². The van der Waals surface area contributed by atoms with E-state index in [0.717, 1.165) is 16.7 Å². The summed E-state index contributed by atoms with van der Waals surface area (Å²) >= 11 is 12.1. The fourth-order valence-corrected chi connectivity index (χ4v) is 1.67. The van der Waals surface area contributed by atoms with Gasteiger partial charge in [-0.15, -0.1) is 0 Å². The Hall–Kier alpha value is -0.380. The molecule has 5 heteroatoms. The second-order valence-corrected chi connectivity index (χ2v) is 4.53. The number of halogens is 2. The molecule has 0 unspecified atom stereocenters. The molecule has 0 saturated heterocycles. The molecule has 76 valence electrons. The van der Waals surface area contributed by atoms with E-state index in [1.165, 1.54) is 0 Å². The fraction of sp³-hybridized carbons (Fsp3) is 0.222. The molecule has 1 rings (SSSR count). The molecule has 0 aliphatic rings. The lowest BCUT2D eigenvalue weighted by atomic mass is 10.4. The predicted octanol–water partition coefficient (Wildman–Crippen LogP) is 4.15. The number of hydrogen-bond donors (Lipinski definition) is 0. The minimum absolute atomic E-state index is 0.421. The molecule has 0 aliphatic heterocycles.